The lowest BCUT2D eigenvalue weighted by Gasteiger charge is -2.31. The van der Waals surface area contributed by atoms with Crippen molar-refractivity contribution in [3.05, 3.63) is 33.4 Å². The summed E-state index contributed by atoms with van der Waals surface area (Å²) in [6, 6.07) is 8.35. The van der Waals surface area contributed by atoms with Gasteiger partial charge >= 0.3 is 0 Å². The Hall–Kier alpha value is -0.460. The lowest BCUT2D eigenvalue weighted by Crippen LogP contribution is -2.39. The van der Waals surface area contributed by atoms with Crippen molar-refractivity contribution >= 4 is 28.9 Å². The fourth-order valence-corrected chi connectivity index (χ4v) is 2.21. The van der Waals surface area contributed by atoms with Crippen LogP contribution in [0.4, 0.5) is 0 Å². The summed E-state index contributed by atoms with van der Waals surface area (Å²) in [6.07, 6.45) is 1.06. The molecule has 0 aliphatic carbocycles. The normalized spacial score (nSPS) is 21.9. The molecule has 1 aromatic rings. The van der Waals surface area contributed by atoms with Gasteiger partial charge in [-0.1, -0.05) is 12.1 Å². The number of hydrogen-bond acceptors (Lipinski definition) is 3. The summed E-state index contributed by atoms with van der Waals surface area (Å²) in [5, 5.41) is 0. The molecule has 1 unspecified atom stereocenters. The second-order valence-corrected chi connectivity index (χ2v) is 5.08. The van der Waals surface area contributed by atoms with E-state index in [2.05, 4.69) is 51.8 Å². The Morgan fingerprint density at radius 2 is 2.19 bits per heavy atom. The number of carbonyl (C=O) groups excluding carboxylic acids is 1. The van der Waals surface area contributed by atoms with Crippen LogP contribution in [0.2, 0.25) is 0 Å². The number of hydrogen-bond donors (Lipinski definition) is 0. The van der Waals surface area contributed by atoms with Gasteiger partial charge in [0, 0.05) is 16.7 Å². The van der Waals surface area contributed by atoms with E-state index in [9.17, 15) is 4.79 Å². The zero-order valence-electron chi connectivity index (χ0n) is 8.93. The van der Waals surface area contributed by atoms with Crippen LogP contribution in [0.5, 0.6) is 0 Å². The standard InChI is InChI=1S/C12H14INO2/c13-11-3-1-10(2-4-11)12-9-14(5-7-15)6-8-16-12/h1-4,7,12H,5-6,8-9H2. The van der Waals surface area contributed by atoms with Crippen LogP contribution < -0.4 is 0 Å². The van der Waals surface area contributed by atoms with Gasteiger partial charge in [0.1, 0.15) is 6.29 Å². The molecule has 0 radical (unpaired) electrons. The van der Waals surface area contributed by atoms with E-state index in [1.165, 1.54) is 9.13 Å². The molecule has 4 heteroatoms. The Kier molecular flexibility index (Phi) is 4.31. The molecule has 1 fully saturated rings. The van der Waals surface area contributed by atoms with E-state index in [1.54, 1.807) is 0 Å². The van der Waals surface area contributed by atoms with Gasteiger partial charge in [-0.05, 0) is 40.3 Å². The van der Waals surface area contributed by atoms with E-state index in [4.69, 9.17) is 4.74 Å². The first-order chi connectivity index (χ1) is 7.79. The average Bonchev–Trinajstić information content (AvgIpc) is 2.31. The minimum atomic E-state index is 0.102. The number of aldehydes is 1. The monoisotopic (exact) mass is 331 g/mol. The molecule has 1 aliphatic heterocycles. The number of nitrogens with zero attached hydrogens (tertiary/aromatic N) is 1. The van der Waals surface area contributed by atoms with Crippen LogP contribution in [-0.2, 0) is 9.53 Å². The summed E-state index contributed by atoms with van der Waals surface area (Å²) in [4.78, 5) is 12.6. The molecule has 0 amide bonds. The van der Waals surface area contributed by atoms with Gasteiger partial charge in [0.15, 0.2) is 0 Å². The van der Waals surface area contributed by atoms with E-state index in [0.29, 0.717) is 13.2 Å². The van der Waals surface area contributed by atoms with Crippen LogP contribution in [0, 0.1) is 3.57 Å². The van der Waals surface area contributed by atoms with Crippen LogP contribution >= 0.6 is 22.6 Å². The molecular weight excluding hydrogens is 317 g/mol. The molecule has 2 rings (SSSR count). The Balaban J connectivity index is 2.03. The Morgan fingerprint density at radius 1 is 1.44 bits per heavy atom. The number of benzene rings is 1. The van der Waals surface area contributed by atoms with Gasteiger partial charge in [-0.2, -0.15) is 0 Å². The first-order valence-electron chi connectivity index (χ1n) is 5.32. The molecule has 0 saturated carbocycles. The molecular formula is C12H14INO2. The Bertz CT molecular complexity index is 353. The fourth-order valence-electron chi connectivity index (χ4n) is 1.85. The highest BCUT2D eigenvalue weighted by molar-refractivity contribution is 14.1. The minimum absolute atomic E-state index is 0.102. The second kappa shape index (κ2) is 5.75. The molecule has 0 N–H and O–H groups in total. The van der Waals surface area contributed by atoms with Crippen LogP contribution in [-0.4, -0.2) is 37.4 Å². The lowest BCUT2D eigenvalue weighted by molar-refractivity contribution is -0.111. The van der Waals surface area contributed by atoms with Crippen molar-refractivity contribution in [2.24, 2.45) is 0 Å². The maximum absolute atomic E-state index is 10.5. The number of rotatable bonds is 3. The molecule has 1 aliphatic rings. The van der Waals surface area contributed by atoms with E-state index >= 15 is 0 Å². The molecule has 16 heavy (non-hydrogen) atoms. The summed E-state index contributed by atoms with van der Waals surface area (Å²) in [7, 11) is 0. The third-order valence-corrected chi connectivity index (χ3v) is 3.44. The van der Waals surface area contributed by atoms with E-state index < -0.39 is 0 Å². The van der Waals surface area contributed by atoms with Gasteiger partial charge in [0.05, 0.1) is 19.3 Å². The zero-order chi connectivity index (χ0) is 11.4. The summed E-state index contributed by atoms with van der Waals surface area (Å²) >= 11 is 2.29. The van der Waals surface area contributed by atoms with Crippen molar-refractivity contribution in [1.29, 1.82) is 0 Å². The van der Waals surface area contributed by atoms with E-state index in [-0.39, 0.29) is 6.10 Å². The van der Waals surface area contributed by atoms with Gasteiger partial charge in [-0.25, -0.2) is 0 Å². The number of ether oxygens (including phenoxy) is 1. The average molecular weight is 331 g/mol. The summed E-state index contributed by atoms with van der Waals surface area (Å²) in [6.45, 7) is 2.85. The molecule has 1 atom stereocenters. The molecule has 0 aromatic heterocycles. The lowest BCUT2D eigenvalue weighted by atomic mass is 10.1. The minimum Gasteiger partial charge on any atom is -0.371 e. The van der Waals surface area contributed by atoms with Gasteiger partial charge in [0.25, 0.3) is 0 Å². The predicted molar refractivity (Wildman–Crippen MR) is 70.4 cm³/mol. The van der Waals surface area contributed by atoms with E-state index in [1.807, 2.05) is 0 Å². The number of morpholine rings is 1. The molecule has 0 spiro atoms. The number of carbonyl (C=O) groups is 1. The van der Waals surface area contributed by atoms with Crippen molar-refractivity contribution < 1.29 is 9.53 Å². The molecule has 1 saturated heterocycles. The largest absolute Gasteiger partial charge is 0.371 e. The number of halogens is 1. The second-order valence-electron chi connectivity index (χ2n) is 3.84. The van der Waals surface area contributed by atoms with Crippen molar-refractivity contribution in [2.75, 3.05) is 26.2 Å². The molecule has 0 bridgehead atoms. The SMILES string of the molecule is O=CCN1CCOC(c2ccc(I)cc2)C1. The van der Waals surface area contributed by atoms with Crippen LogP contribution in [0.3, 0.4) is 0 Å². The highest BCUT2D eigenvalue weighted by Crippen LogP contribution is 2.22. The first-order valence-corrected chi connectivity index (χ1v) is 6.40. The predicted octanol–water partition coefficient (Wildman–Crippen LogP) is 1.86. The van der Waals surface area contributed by atoms with Crippen molar-refractivity contribution in [3.8, 4) is 0 Å². The Labute approximate surface area is 109 Å². The van der Waals surface area contributed by atoms with Crippen molar-refractivity contribution in [3.63, 3.8) is 0 Å². The van der Waals surface area contributed by atoms with Gasteiger partial charge in [0.2, 0.25) is 0 Å². The van der Waals surface area contributed by atoms with Crippen LogP contribution in [0.25, 0.3) is 0 Å². The first kappa shape index (κ1) is 12.0. The molecule has 3 nitrogen and oxygen atoms in total. The maximum Gasteiger partial charge on any atom is 0.133 e. The third-order valence-electron chi connectivity index (χ3n) is 2.73. The van der Waals surface area contributed by atoms with Crippen molar-refractivity contribution in [2.45, 2.75) is 6.10 Å². The Morgan fingerprint density at radius 3 is 2.88 bits per heavy atom. The van der Waals surface area contributed by atoms with Gasteiger partial charge in [-0.15, -0.1) is 0 Å². The van der Waals surface area contributed by atoms with Gasteiger partial charge < -0.3 is 9.53 Å². The molecule has 86 valence electrons. The fraction of sp³-hybridized carbons (Fsp3) is 0.417. The van der Waals surface area contributed by atoms with Crippen LogP contribution in [0.1, 0.15) is 11.7 Å². The highest BCUT2D eigenvalue weighted by atomic mass is 127. The molecule has 1 aromatic carbocycles. The topological polar surface area (TPSA) is 29.5 Å². The van der Waals surface area contributed by atoms with Crippen LogP contribution in [0.15, 0.2) is 24.3 Å². The van der Waals surface area contributed by atoms with E-state index in [0.717, 1.165) is 19.4 Å². The van der Waals surface area contributed by atoms with Gasteiger partial charge in [-0.3, -0.25) is 4.90 Å². The summed E-state index contributed by atoms with van der Waals surface area (Å²) in [5.74, 6) is 0. The van der Waals surface area contributed by atoms with Crippen molar-refractivity contribution in [1.82, 2.24) is 4.90 Å². The maximum atomic E-state index is 10.5. The zero-order valence-corrected chi connectivity index (χ0v) is 11.1. The quantitative estimate of drug-likeness (QED) is 0.626. The third kappa shape index (κ3) is 3.02. The highest BCUT2D eigenvalue weighted by Gasteiger charge is 2.21. The summed E-state index contributed by atoms with van der Waals surface area (Å²) < 4.78 is 6.94. The smallest absolute Gasteiger partial charge is 0.133 e. The summed E-state index contributed by atoms with van der Waals surface area (Å²) in [5.41, 5.74) is 1.19. The molecule has 1 heterocycles.